The molecule has 0 radical (unpaired) electrons. The van der Waals surface area contributed by atoms with Crippen molar-refractivity contribution in [2.75, 3.05) is 13.7 Å². The van der Waals surface area contributed by atoms with Gasteiger partial charge in [-0.2, -0.15) is 5.10 Å². The zero-order valence-electron chi connectivity index (χ0n) is 17.1. The Kier molecular flexibility index (Phi) is 4.78. The lowest BCUT2D eigenvalue weighted by atomic mass is 9.93. The highest BCUT2D eigenvalue weighted by Crippen LogP contribution is 2.45. The Balaban J connectivity index is 1.94. The maximum absolute atomic E-state index is 13.2. The number of nitrogens with one attached hydrogen (secondary N) is 1. The minimum atomic E-state index is -0.290. The van der Waals surface area contributed by atoms with Gasteiger partial charge in [-0.05, 0) is 55.2 Å². The SMILES string of the molecule is CCCN1C(=O)c2[nH]nc(-c3c(C)cc(C)cc3O)c2[C@H]1c1cccc(OC)c1. The predicted octanol–water partition coefficient (Wildman–Crippen LogP) is 4.36. The van der Waals surface area contributed by atoms with Crippen molar-refractivity contribution in [3.8, 4) is 22.8 Å². The fraction of sp³-hybridized carbons (Fsp3) is 0.304. The van der Waals surface area contributed by atoms with Crippen LogP contribution in [0.25, 0.3) is 11.3 Å². The van der Waals surface area contributed by atoms with Crippen LogP contribution < -0.4 is 4.74 Å². The number of carbonyl (C=O) groups is 1. The van der Waals surface area contributed by atoms with Gasteiger partial charge in [-0.1, -0.05) is 25.1 Å². The Hall–Kier alpha value is -3.28. The van der Waals surface area contributed by atoms with Crippen molar-refractivity contribution < 1.29 is 14.6 Å². The van der Waals surface area contributed by atoms with Gasteiger partial charge < -0.3 is 14.7 Å². The molecule has 6 heteroatoms. The molecule has 2 aromatic carbocycles. The van der Waals surface area contributed by atoms with E-state index >= 15 is 0 Å². The predicted molar refractivity (Wildman–Crippen MR) is 111 cm³/mol. The number of nitrogens with zero attached hydrogens (tertiary/aromatic N) is 2. The molecule has 1 atom stereocenters. The van der Waals surface area contributed by atoms with Crippen LogP contribution in [0.3, 0.4) is 0 Å². The summed E-state index contributed by atoms with van der Waals surface area (Å²) in [5.41, 5.74) is 5.42. The second-order valence-corrected chi connectivity index (χ2v) is 7.51. The number of phenols is 1. The number of phenolic OH excluding ortho intramolecular Hbond substituents is 1. The summed E-state index contributed by atoms with van der Waals surface area (Å²) in [7, 11) is 1.63. The van der Waals surface area contributed by atoms with Gasteiger partial charge in [0.1, 0.15) is 22.9 Å². The third-order valence-electron chi connectivity index (χ3n) is 5.43. The number of ether oxygens (including phenoxy) is 1. The van der Waals surface area contributed by atoms with E-state index in [9.17, 15) is 9.90 Å². The van der Waals surface area contributed by atoms with E-state index in [0.717, 1.165) is 34.4 Å². The van der Waals surface area contributed by atoms with E-state index in [1.165, 1.54) is 0 Å². The van der Waals surface area contributed by atoms with Gasteiger partial charge in [-0.15, -0.1) is 0 Å². The average molecular weight is 391 g/mol. The number of carbonyl (C=O) groups excluding carboxylic acids is 1. The third kappa shape index (κ3) is 3.05. The van der Waals surface area contributed by atoms with Crippen molar-refractivity contribution in [1.82, 2.24) is 15.1 Å². The van der Waals surface area contributed by atoms with Crippen LogP contribution in [0.4, 0.5) is 0 Å². The second-order valence-electron chi connectivity index (χ2n) is 7.51. The molecule has 4 rings (SSSR count). The van der Waals surface area contributed by atoms with E-state index in [0.29, 0.717) is 23.5 Å². The largest absolute Gasteiger partial charge is 0.507 e. The molecule has 1 aliphatic heterocycles. The number of aryl methyl sites for hydroxylation is 2. The molecule has 0 spiro atoms. The minimum Gasteiger partial charge on any atom is -0.507 e. The summed E-state index contributed by atoms with van der Waals surface area (Å²) in [6.45, 7) is 6.57. The lowest BCUT2D eigenvalue weighted by Crippen LogP contribution is -2.30. The zero-order valence-corrected chi connectivity index (χ0v) is 17.1. The molecule has 6 nitrogen and oxygen atoms in total. The fourth-order valence-electron chi connectivity index (χ4n) is 4.27. The van der Waals surface area contributed by atoms with Crippen LogP contribution in [0.2, 0.25) is 0 Å². The Morgan fingerprint density at radius 2 is 2.03 bits per heavy atom. The number of benzene rings is 2. The number of hydrogen-bond donors (Lipinski definition) is 2. The molecular weight excluding hydrogens is 366 g/mol. The van der Waals surface area contributed by atoms with Crippen LogP contribution in [0.1, 0.15) is 52.1 Å². The van der Waals surface area contributed by atoms with Gasteiger partial charge in [0.15, 0.2) is 0 Å². The molecule has 0 aliphatic carbocycles. The maximum Gasteiger partial charge on any atom is 0.273 e. The van der Waals surface area contributed by atoms with Gasteiger partial charge >= 0.3 is 0 Å². The number of fused-ring (bicyclic) bond motifs is 1. The Bertz CT molecular complexity index is 1060. The third-order valence-corrected chi connectivity index (χ3v) is 5.43. The summed E-state index contributed by atoms with van der Waals surface area (Å²) in [6.07, 6.45) is 0.841. The van der Waals surface area contributed by atoms with E-state index in [4.69, 9.17) is 4.74 Å². The highest BCUT2D eigenvalue weighted by atomic mass is 16.5. The number of hydrogen-bond acceptors (Lipinski definition) is 4. The normalized spacial score (nSPS) is 15.7. The summed E-state index contributed by atoms with van der Waals surface area (Å²) in [5, 5.41) is 18.1. The molecule has 2 N–H and O–H groups in total. The van der Waals surface area contributed by atoms with Gasteiger partial charge in [0.05, 0.1) is 13.2 Å². The number of aromatic hydroxyl groups is 1. The molecule has 3 aromatic rings. The van der Waals surface area contributed by atoms with E-state index in [2.05, 4.69) is 17.1 Å². The molecule has 0 fully saturated rings. The van der Waals surface area contributed by atoms with Crippen LogP contribution in [0.15, 0.2) is 36.4 Å². The quantitative estimate of drug-likeness (QED) is 0.677. The smallest absolute Gasteiger partial charge is 0.273 e. The van der Waals surface area contributed by atoms with Gasteiger partial charge in [0, 0.05) is 17.7 Å². The fourth-order valence-corrected chi connectivity index (χ4v) is 4.27. The molecule has 150 valence electrons. The topological polar surface area (TPSA) is 78.5 Å². The van der Waals surface area contributed by atoms with Gasteiger partial charge in [-0.25, -0.2) is 0 Å². The number of rotatable bonds is 5. The molecule has 0 saturated heterocycles. The number of H-pyrrole nitrogens is 1. The van der Waals surface area contributed by atoms with Crippen molar-refractivity contribution in [3.63, 3.8) is 0 Å². The average Bonchev–Trinajstić information content (AvgIpc) is 3.21. The molecule has 2 heterocycles. The first-order valence-corrected chi connectivity index (χ1v) is 9.80. The number of methoxy groups -OCH3 is 1. The van der Waals surface area contributed by atoms with Crippen LogP contribution in [-0.4, -0.2) is 39.8 Å². The molecule has 0 bridgehead atoms. The van der Waals surface area contributed by atoms with Gasteiger partial charge in [0.2, 0.25) is 0 Å². The molecule has 1 aliphatic rings. The van der Waals surface area contributed by atoms with Crippen molar-refractivity contribution in [1.29, 1.82) is 0 Å². The molecule has 0 unspecified atom stereocenters. The van der Waals surface area contributed by atoms with Crippen molar-refractivity contribution in [3.05, 3.63) is 64.3 Å². The zero-order chi connectivity index (χ0) is 20.7. The Labute approximate surface area is 170 Å². The standard InChI is InChI=1S/C23H25N3O3/c1-5-9-26-22(15-7-6-8-16(12-15)29-4)19-20(24-25-21(19)23(26)28)18-14(3)10-13(2)11-17(18)27/h6-8,10-12,22,27H,5,9H2,1-4H3,(H,24,25)/t22-/m1/s1. The Morgan fingerprint density at radius 1 is 1.24 bits per heavy atom. The van der Waals surface area contributed by atoms with Crippen molar-refractivity contribution in [2.45, 2.75) is 33.2 Å². The molecule has 1 aromatic heterocycles. The maximum atomic E-state index is 13.2. The van der Waals surface area contributed by atoms with E-state index < -0.39 is 0 Å². The number of amides is 1. The van der Waals surface area contributed by atoms with Crippen LogP contribution in [-0.2, 0) is 0 Å². The van der Waals surface area contributed by atoms with Crippen LogP contribution >= 0.6 is 0 Å². The summed E-state index contributed by atoms with van der Waals surface area (Å²) in [6, 6.07) is 11.2. The van der Waals surface area contributed by atoms with Crippen LogP contribution in [0.5, 0.6) is 11.5 Å². The molecular formula is C23H25N3O3. The van der Waals surface area contributed by atoms with Crippen molar-refractivity contribution >= 4 is 5.91 Å². The first-order chi connectivity index (χ1) is 14.0. The molecule has 29 heavy (non-hydrogen) atoms. The van der Waals surface area contributed by atoms with Gasteiger partial charge in [0.25, 0.3) is 5.91 Å². The summed E-state index contributed by atoms with van der Waals surface area (Å²) in [5.74, 6) is 0.833. The summed E-state index contributed by atoms with van der Waals surface area (Å²) < 4.78 is 5.41. The number of aromatic amines is 1. The van der Waals surface area contributed by atoms with Crippen molar-refractivity contribution in [2.24, 2.45) is 0 Å². The van der Waals surface area contributed by atoms with Gasteiger partial charge in [-0.3, -0.25) is 9.89 Å². The Morgan fingerprint density at radius 3 is 2.72 bits per heavy atom. The van der Waals surface area contributed by atoms with Crippen LogP contribution in [0, 0.1) is 13.8 Å². The lowest BCUT2D eigenvalue weighted by Gasteiger charge is -2.26. The van der Waals surface area contributed by atoms with E-state index in [-0.39, 0.29) is 17.7 Å². The minimum absolute atomic E-state index is 0.0716. The first-order valence-electron chi connectivity index (χ1n) is 9.80. The monoisotopic (exact) mass is 391 g/mol. The van der Waals surface area contributed by atoms with E-state index in [1.54, 1.807) is 13.2 Å². The highest BCUT2D eigenvalue weighted by molar-refractivity contribution is 6.00. The molecule has 0 saturated carbocycles. The summed E-state index contributed by atoms with van der Waals surface area (Å²) >= 11 is 0. The summed E-state index contributed by atoms with van der Waals surface area (Å²) in [4.78, 5) is 15.0. The molecule has 1 amide bonds. The number of aromatic nitrogens is 2. The highest BCUT2D eigenvalue weighted by Gasteiger charge is 2.42. The second kappa shape index (κ2) is 7.28. The first kappa shape index (κ1) is 19.1. The van der Waals surface area contributed by atoms with E-state index in [1.807, 2.05) is 49.1 Å². The lowest BCUT2D eigenvalue weighted by molar-refractivity contribution is 0.0744.